The summed E-state index contributed by atoms with van der Waals surface area (Å²) < 4.78 is 60.3. The van der Waals surface area contributed by atoms with Crippen molar-refractivity contribution in [2.45, 2.75) is 25.5 Å². The third-order valence-electron chi connectivity index (χ3n) is 4.83. The molecule has 2 atom stereocenters. The maximum absolute atomic E-state index is 14.7. The Balaban J connectivity index is 1.94. The molecular formula is C21H21F2N5O3S. The van der Waals surface area contributed by atoms with E-state index in [1.807, 2.05) is 0 Å². The highest BCUT2D eigenvalue weighted by Crippen LogP contribution is 2.34. The summed E-state index contributed by atoms with van der Waals surface area (Å²) in [6.07, 6.45) is 8.24. The molecule has 1 aliphatic heterocycles. The SMILES string of the molecule is C#C[C@H](C)Oc1cnc(/C(F)=C/c2ccc(F)c([C@]3(C)CS(=O)(=O)N(C)C(N)=N3)c2)cn1. The van der Waals surface area contributed by atoms with Crippen LogP contribution in [-0.2, 0) is 15.6 Å². The number of aliphatic imine (C=N–C) groups is 1. The van der Waals surface area contributed by atoms with Gasteiger partial charge in [-0.2, -0.15) is 0 Å². The molecule has 1 aromatic heterocycles. The van der Waals surface area contributed by atoms with E-state index in [-0.39, 0.29) is 28.7 Å². The first-order valence-corrected chi connectivity index (χ1v) is 11.0. The minimum Gasteiger partial charge on any atom is -0.460 e. The molecule has 32 heavy (non-hydrogen) atoms. The number of halogens is 2. The first-order chi connectivity index (χ1) is 14.9. The largest absolute Gasteiger partial charge is 0.460 e. The van der Waals surface area contributed by atoms with Crippen LogP contribution in [0.15, 0.2) is 35.6 Å². The first-order valence-electron chi connectivity index (χ1n) is 9.39. The molecule has 0 fully saturated rings. The van der Waals surface area contributed by atoms with Crippen molar-refractivity contribution in [3.8, 4) is 18.2 Å². The Kier molecular flexibility index (Phi) is 6.18. The fraction of sp³-hybridized carbons (Fsp3) is 0.286. The minimum absolute atomic E-state index is 0.0308. The fourth-order valence-corrected chi connectivity index (χ4v) is 4.52. The molecule has 0 saturated carbocycles. The van der Waals surface area contributed by atoms with Crippen molar-refractivity contribution in [1.82, 2.24) is 14.3 Å². The third-order valence-corrected chi connectivity index (χ3v) is 6.78. The van der Waals surface area contributed by atoms with Gasteiger partial charge in [0.25, 0.3) is 0 Å². The normalized spacial score (nSPS) is 21.4. The maximum Gasteiger partial charge on any atom is 0.239 e. The van der Waals surface area contributed by atoms with Crippen molar-refractivity contribution in [3.05, 3.63) is 53.2 Å². The van der Waals surface area contributed by atoms with Gasteiger partial charge in [0.05, 0.1) is 18.1 Å². The minimum atomic E-state index is -3.80. The topological polar surface area (TPSA) is 111 Å². The highest BCUT2D eigenvalue weighted by atomic mass is 32.2. The first kappa shape index (κ1) is 23.1. The van der Waals surface area contributed by atoms with E-state index in [0.29, 0.717) is 0 Å². The van der Waals surface area contributed by atoms with Gasteiger partial charge in [0.1, 0.15) is 17.1 Å². The average molecular weight is 461 g/mol. The molecule has 0 aliphatic carbocycles. The zero-order valence-corrected chi connectivity index (χ0v) is 18.4. The van der Waals surface area contributed by atoms with Crippen LogP contribution < -0.4 is 10.5 Å². The predicted octanol–water partition coefficient (Wildman–Crippen LogP) is 2.29. The quantitative estimate of drug-likeness (QED) is 0.684. The highest BCUT2D eigenvalue weighted by Gasteiger charge is 2.41. The molecule has 0 bridgehead atoms. The van der Waals surface area contributed by atoms with Crippen molar-refractivity contribution >= 4 is 27.9 Å². The van der Waals surface area contributed by atoms with Crippen LogP contribution >= 0.6 is 0 Å². The van der Waals surface area contributed by atoms with E-state index in [0.717, 1.165) is 16.4 Å². The molecule has 8 nitrogen and oxygen atoms in total. The van der Waals surface area contributed by atoms with Crippen LogP contribution in [0.25, 0.3) is 11.9 Å². The number of nitrogens with zero attached hydrogens (tertiary/aromatic N) is 4. The molecule has 0 amide bonds. The lowest BCUT2D eigenvalue weighted by Gasteiger charge is -2.34. The number of rotatable bonds is 5. The van der Waals surface area contributed by atoms with Crippen LogP contribution in [0.1, 0.15) is 30.7 Å². The van der Waals surface area contributed by atoms with Crippen molar-refractivity contribution in [2.75, 3.05) is 12.8 Å². The molecule has 0 saturated heterocycles. The Hall–Kier alpha value is -3.52. The Labute approximate surface area is 184 Å². The summed E-state index contributed by atoms with van der Waals surface area (Å²) in [5.41, 5.74) is 4.41. The van der Waals surface area contributed by atoms with Gasteiger partial charge in [0.15, 0.2) is 11.9 Å². The summed E-state index contributed by atoms with van der Waals surface area (Å²) in [5.74, 6) is 0.327. The number of aromatic nitrogens is 2. The highest BCUT2D eigenvalue weighted by molar-refractivity contribution is 7.89. The standard InChI is InChI=1S/C21H21F2N5O3S/c1-5-13(2)31-19-11-25-18(10-26-19)17(23)9-14-6-7-16(22)15(8-14)21(3)12-32(29,30)28(4)20(24)27-21/h1,6-11,13H,12H2,2-4H3,(H2,24,27)/b17-9-/t13-,21-/m0/s1. The number of guanidine groups is 1. The van der Waals surface area contributed by atoms with Crippen LogP contribution in [0.5, 0.6) is 5.88 Å². The van der Waals surface area contributed by atoms with E-state index in [1.54, 1.807) is 6.92 Å². The summed E-state index contributed by atoms with van der Waals surface area (Å²) in [6, 6.07) is 3.78. The van der Waals surface area contributed by atoms with Gasteiger partial charge in [-0.15, -0.1) is 6.42 Å². The van der Waals surface area contributed by atoms with Gasteiger partial charge in [0, 0.05) is 12.6 Å². The number of terminal acetylenes is 1. The summed E-state index contributed by atoms with van der Waals surface area (Å²) in [6.45, 7) is 3.10. The molecule has 0 spiro atoms. The van der Waals surface area contributed by atoms with Crippen LogP contribution in [0, 0.1) is 18.2 Å². The van der Waals surface area contributed by atoms with Gasteiger partial charge < -0.3 is 10.5 Å². The van der Waals surface area contributed by atoms with Crippen LogP contribution in [0.2, 0.25) is 0 Å². The molecule has 168 valence electrons. The molecule has 3 rings (SSSR count). The summed E-state index contributed by atoms with van der Waals surface area (Å²) in [5, 5.41) is 0. The number of sulfonamides is 1. The van der Waals surface area contributed by atoms with Crippen LogP contribution in [-0.4, -0.2) is 47.6 Å². The molecule has 2 N–H and O–H groups in total. The smallest absolute Gasteiger partial charge is 0.239 e. The lowest BCUT2D eigenvalue weighted by atomic mass is 9.92. The summed E-state index contributed by atoms with van der Waals surface area (Å²) >= 11 is 0. The van der Waals surface area contributed by atoms with Gasteiger partial charge in [-0.3, -0.25) is 0 Å². The van der Waals surface area contributed by atoms with E-state index in [9.17, 15) is 17.2 Å². The van der Waals surface area contributed by atoms with E-state index in [2.05, 4.69) is 20.9 Å². The van der Waals surface area contributed by atoms with E-state index in [4.69, 9.17) is 16.9 Å². The molecular weight excluding hydrogens is 440 g/mol. The predicted molar refractivity (Wildman–Crippen MR) is 117 cm³/mol. The zero-order chi connectivity index (χ0) is 23.7. The second-order valence-corrected chi connectivity index (χ2v) is 9.37. The van der Waals surface area contributed by atoms with E-state index >= 15 is 0 Å². The van der Waals surface area contributed by atoms with Gasteiger partial charge in [-0.25, -0.2) is 36.5 Å². The van der Waals surface area contributed by atoms with Crippen molar-refractivity contribution in [1.29, 1.82) is 0 Å². The van der Waals surface area contributed by atoms with Crippen molar-refractivity contribution < 1.29 is 21.9 Å². The number of nitrogens with two attached hydrogens (primary N) is 1. The molecule has 1 aromatic carbocycles. The Morgan fingerprint density at radius 2 is 2.12 bits per heavy atom. The third kappa shape index (κ3) is 4.70. The number of benzene rings is 1. The second-order valence-electron chi connectivity index (χ2n) is 7.37. The Morgan fingerprint density at radius 1 is 1.41 bits per heavy atom. The van der Waals surface area contributed by atoms with Gasteiger partial charge in [0.2, 0.25) is 21.9 Å². The summed E-state index contributed by atoms with van der Waals surface area (Å²) in [7, 11) is -2.53. The molecule has 0 unspecified atom stereocenters. The molecule has 2 aromatic rings. The number of hydrogen-bond acceptors (Lipinski definition) is 7. The lowest BCUT2D eigenvalue weighted by Crippen LogP contribution is -2.50. The lowest BCUT2D eigenvalue weighted by molar-refractivity contribution is 0.266. The van der Waals surface area contributed by atoms with E-state index in [1.165, 1.54) is 38.5 Å². The Bertz CT molecular complexity index is 1240. The molecule has 1 aliphatic rings. The number of hydrogen-bond donors (Lipinski definition) is 1. The van der Waals surface area contributed by atoms with Crippen molar-refractivity contribution in [2.24, 2.45) is 10.7 Å². The fourth-order valence-electron chi connectivity index (χ4n) is 3.07. The Morgan fingerprint density at radius 3 is 2.72 bits per heavy atom. The molecule has 11 heteroatoms. The maximum atomic E-state index is 14.7. The molecule has 2 heterocycles. The average Bonchev–Trinajstić information content (AvgIpc) is 2.73. The number of ether oxygens (including phenoxy) is 1. The van der Waals surface area contributed by atoms with Crippen molar-refractivity contribution in [3.63, 3.8) is 0 Å². The monoisotopic (exact) mass is 461 g/mol. The van der Waals surface area contributed by atoms with Crippen LogP contribution in [0.3, 0.4) is 0 Å². The van der Waals surface area contributed by atoms with Gasteiger partial charge in [-0.1, -0.05) is 12.0 Å². The van der Waals surface area contributed by atoms with Gasteiger partial charge in [-0.05, 0) is 37.6 Å². The second kappa shape index (κ2) is 8.55. The van der Waals surface area contributed by atoms with Crippen LogP contribution in [0.4, 0.5) is 8.78 Å². The van der Waals surface area contributed by atoms with E-state index < -0.39 is 39.1 Å². The van der Waals surface area contributed by atoms with Gasteiger partial charge >= 0.3 is 0 Å². The summed E-state index contributed by atoms with van der Waals surface area (Å²) in [4.78, 5) is 12.1. The molecule has 0 radical (unpaired) electrons. The zero-order valence-electron chi connectivity index (χ0n) is 17.6.